The van der Waals surface area contributed by atoms with E-state index in [0.717, 1.165) is 18.4 Å². The Morgan fingerprint density at radius 2 is 2.15 bits per heavy atom. The van der Waals surface area contributed by atoms with Crippen molar-refractivity contribution in [1.29, 1.82) is 0 Å². The Bertz CT molecular complexity index is 470. The van der Waals surface area contributed by atoms with Gasteiger partial charge >= 0.3 is 0 Å². The summed E-state index contributed by atoms with van der Waals surface area (Å²) >= 11 is 0. The zero-order chi connectivity index (χ0) is 14.5. The number of hydrogen-bond donors (Lipinski definition) is 1. The van der Waals surface area contributed by atoms with Gasteiger partial charge in [-0.15, -0.1) is 0 Å². The lowest BCUT2D eigenvalue weighted by Crippen LogP contribution is -2.45. The van der Waals surface area contributed by atoms with Gasteiger partial charge in [-0.25, -0.2) is 4.39 Å². The van der Waals surface area contributed by atoms with Gasteiger partial charge in [0.05, 0.1) is 0 Å². The molecule has 20 heavy (non-hydrogen) atoms. The van der Waals surface area contributed by atoms with Gasteiger partial charge in [0.25, 0.3) is 0 Å². The summed E-state index contributed by atoms with van der Waals surface area (Å²) in [5.41, 5.74) is 0.825. The molecular formula is C16H22FNO2. The van der Waals surface area contributed by atoms with Crippen molar-refractivity contribution in [2.24, 2.45) is 0 Å². The number of ketones is 1. The zero-order valence-electron chi connectivity index (χ0n) is 12.1. The summed E-state index contributed by atoms with van der Waals surface area (Å²) in [7, 11) is 1.94. The second-order valence-corrected chi connectivity index (χ2v) is 5.38. The highest BCUT2D eigenvalue weighted by atomic mass is 19.1. The van der Waals surface area contributed by atoms with Crippen LogP contribution in [0.3, 0.4) is 0 Å². The van der Waals surface area contributed by atoms with Crippen LogP contribution in [0.1, 0.15) is 38.2 Å². The van der Waals surface area contributed by atoms with Gasteiger partial charge in [-0.05, 0) is 44.0 Å². The first-order valence-electron chi connectivity index (χ1n) is 7.25. The van der Waals surface area contributed by atoms with E-state index >= 15 is 0 Å². The topological polar surface area (TPSA) is 38.3 Å². The van der Waals surface area contributed by atoms with E-state index in [2.05, 4.69) is 5.32 Å². The van der Waals surface area contributed by atoms with Crippen molar-refractivity contribution >= 4 is 5.78 Å². The number of benzene rings is 1. The second-order valence-electron chi connectivity index (χ2n) is 5.38. The van der Waals surface area contributed by atoms with Crippen LogP contribution in [0.2, 0.25) is 0 Å². The fraction of sp³-hybridized carbons (Fsp3) is 0.562. The van der Waals surface area contributed by atoms with Crippen LogP contribution in [0, 0.1) is 5.82 Å². The Hall–Kier alpha value is -1.42. The summed E-state index contributed by atoms with van der Waals surface area (Å²) in [4.78, 5) is 11.3. The van der Waals surface area contributed by atoms with Crippen molar-refractivity contribution < 1.29 is 13.9 Å². The molecule has 0 unspecified atom stereocenters. The third-order valence-electron chi connectivity index (χ3n) is 3.82. The molecule has 0 aromatic heterocycles. The largest absolute Gasteiger partial charge is 0.490 e. The molecule has 1 aromatic rings. The number of rotatable bonds is 7. The zero-order valence-corrected chi connectivity index (χ0v) is 12.1. The smallest absolute Gasteiger partial charge is 0.132 e. The van der Waals surface area contributed by atoms with Crippen molar-refractivity contribution in [1.82, 2.24) is 5.32 Å². The molecule has 0 spiro atoms. The predicted octanol–water partition coefficient (Wildman–Crippen LogP) is 2.87. The van der Waals surface area contributed by atoms with Gasteiger partial charge in [0.2, 0.25) is 0 Å². The maximum absolute atomic E-state index is 13.6. The van der Waals surface area contributed by atoms with Crippen molar-refractivity contribution in [3.8, 4) is 5.75 Å². The molecule has 1 aliphatic rings. The van der Waals surface area contributed by atoms with Crippen LogP contribution < -0.4 is 10.1 Å². The van der Waals surface area contributed by atoms with Crippen molar-refractivity contribution in [2.45, 2.75) is 51.2 Å². The fourth-order valence-electron chi connectivity index (χ4n) is 2.38. The molecule has 1 saturated carbocycles. The molecule has 1 aliphatic carbocycles. The summed E-state index contributed by atoms with van der Waals surface area (Å²) in [6.07, 6.45) is 3.65. The van der Waals surface area contributed by atoms with E-state index in [1.165, 1.54) is 12.1 Å². The molecule has 0 amide bonds. The molecule has 4 heteroatoms. The Labute approximate surface area is 119 Å². The Balaban J connectivity index is 1.92. The van der Waals surface area contributed by atoms with E-state index in [0.29, 0.717) is 31.1 Å². The minimum Gasteiger partial charge on any atom is -0.490 e. The van der Waals surface area contributed by atoms with Crippen LogP contribution in [-0.2, 0) is 11.2 Å². The number of carbonyl (C=O) groups excluding carboxylic acids is 1. The summed E-state index contributed by atoms with van der Waals surface area (Å²) in [6.45, 7) is 1.84. The van der Waals surface area contributed by atoms with Gasteiger partial charge in [0, 0.05) is 24.9 Å². The SMILES string of the molecule is CCC(=O)CCc1cc(F)cc(O[C@H]2C[C@H](NC)C2)c1. The molecule has 0 aliphatic heterocycles. The molecule has 0 atom stereocenters. The maximum Gasteiger partial charge on any atom is 0.132 e. The van der Waals surface area contributed by atoms with E-state index < -0.39 is 0 Å². The van der Waals surface area contributed by atoms with E-state index in [1.807, 2.05) is 20.0 Å². The van der Waals surface area contributed by atoms with Crippen molar-refractivity contribution in [3.05, 3.63) is 29.6 Å². The normalized spacial score (nSPS) is 21.4. The van der Waals surface area contributed by atoms with Gasteiger partial charge in [-0.3, -0.25) is 4.79 Å². The highest BCUT2D eigenvalue weighted by Crippen LogP contribution is 2.27. The number of ether oxygens (including phenoxy) is 1. The Kier molecular flexibility index (Phi) is 5.12. The molecule has 110 valence electrons. The summed E-state index contributed by atoms with van der Waals surface area (Å²) in [5, 5.41) is 3.19. The quantitative estimate of drug-likeness (QED) is 0.834. The standard InChI is InChI=1S/C16H22FNO2/c1-3-14(19)5-4-11-6-12(17)8-15(7-11)20-16-9-13(10-16)18-2/h6-8,13,16,18H,3-5,9-10H2,1-2H3/t13-,16-. The molecule has 0 radical (unpaired) electrons. The van der Waals surface area contributed by atoms with E-state index in [1.54, 1.807) is 0 Å². The number of hydrogen-bond acceptors (Lipinski definition) is 3. The van der Waals surface area contributed by atoms with E-state index in [-0.39, 0.29) is 17.7 Å². The molecule has 1 fully saturated rings. The van der Waals surface area contributed by atoms with Crippen molar-refractivity contribution in [2.75, 3.05) is 7.05 Å². The average Bonchev–Trinajstić information content (AvgIpc) is 2.39. The molecule has 0 saturated heterocycles. The Morgan fingerprint density at radius 3 is 2.80 bits per heavy atom. The predicted molar refractivity (Wildman–Crippen MR) is 76.5 cm³/mol. The lowest BCUT2D eigenvalue weighted by atomic mass is 9.89. The Morgan fingerprint density at radius 1 is 1.40 bits per heavy atom. The van der Waals surface area contributed by atoms with Crippen LogP contribution in [0.4, 0.5) is 4.39 Å². The molecule has 2 rings (SSSR count). The summed E-state index contributed by atoms with van der Waals surface area (Å²) < 4.78 is 19.3. The highest BCUT2D eigenvalue weighted by molar-refractivity contribution is 5.78. The van der Waals surface area contributed by atoms with Gasteiger partial charge in [0.15, 0.2) is 0 Å². The summed E-state index contributed by atoms with van der Waals surface area (Å²) in [6, 6.07) is 5.25. The second kappa shape index (κ2) is 6.84. The first kappa shape index (κ1) is 15.0. The van der Waals surface area contributed by atoms with Gasteiger partial charge in [-0.1, -0.05) is 6.92 Å². The highest BCUT2D eigenvalue weighted by Gasteiger charge is 2.29. The first-order chi connectivity index (χ1) is 9.60. The van der Waals surface area contributed by atoms with E-state index in [9.17, 15) is 9.18 Å². The molecule has 0 bridgehead atoms. The van der Waals surface area contributed by atoms with Crippen LogP contribution in [0.5, 0.6) is 5.75 Å². The number of carbonyl (C=O) groups is 1. The fourth-order valence-corrected chi connectivity index (χ4v) is 2.38. The molecule has 3 nitrogen and oxygen atoms in total. The van der Waals surface area contributed by atoms with Crippen LogP contribution >= 0.6 is 0 Å². The molecular weight excluding hydrogens is 257 g/mol. The first-order valence-corrected chi connectivity index (χ1v) is 7.25. The van der Waals surface area contributed by atoms with Crippen LogP contribution in [-0.4, -0.2) is 25.0 Å². The van der Waals surface area contributed by atoms with E-state index in [4.69, 9.17) is 4.74 Å². The molecule has 1 aromatic carbocycles. The molecule has 0 heterocycles. The number of Topliss-reactive ketones (excluding diaryl/α,β-unsaturated/α-hetero) is 1. The maximum atomic E-state index is 13.6. The third kappa shape index (κ3) is 4.04. The average molecular weight is 279 g/mol. The summed E-state index contributed by atoms with van der Waals surface area (Å²) in [5.74, 6) is 0.474. The minimum atomic E-state index is -0.300. The number of aryl methyl sites for hydroxylation is 1. The van der Waals surface area contributed by atoms with Crippen molar-refractivity contribution in [3.63, 3.8) is 0 Å². The third-order valence-corrected chi connectivity index (χ3v) is 3.82. The van der Waals surface area contributed by atoms with Gasteiger partial charge in [-0.2, -0.15) is 0 Å². The van der Waals surface area contributed by atoms with Gasteiger partial charge < -0.3 is 10.1 Å². The van der Waals surface area contributed by atoms with Gasteiger partial charge in [0.1, 0.15) is 23.5 Å². The number of halogens is 1. The lowest BCUT2D eigenvalue weighted by Gasteiger charge is -2.35. The van der Waals surface area contributed by atoms with Crippen LogP contribution in [0.15, 0.2) is 18.2 Å². The van der Waals surface area contributed by atoms with Crippen LogP contribution in [0.25, 0.3) is 0 Å². The number of nitrogens with one attached hydrogen (secondary N) is 1. The molecule has 1 N–H and O–H groups in total. The minimum absolute atomic E-state index is 0.166. The monoisotopic (exact) mass is 279 g/mol. The lowest BCUT2D eigenvalue weighted by molar-refractivity contribution is -0.118.